The van der Waals surface area contributed by atoms with Crippen LogP contribution in [0.15, 0.2) is 36.4 Å². The first-order valence-corrected chi connectivity index (χ1v) is 8.34. The van der Waals surface area contributed by atoms with Gasteiger partial charge >= 0.3 is 0 Å². The molecule has 0 saturated heterocycles. The molecule has 2 N–H and O–H groups in total. The number of nitrogens with one attached hydrogen (secondary N) is 1. The molecule has 2 aromatic carbocycles. The number of phenols is 1. The lowest BCUT2D eigenvalue weighted by Gasteiger charge is -2.09. The maximum absolute atomic E-state index is 13.4. The molecular weight excluding hydrogens is 337 g/mol. The molecule has 1 heterocycles. The fourth-order valence-electron chi connectivity index (χ4n) is 2.76. The highest BCUT2D eigenvalue weighted by molar-refractivity contribution is 5.94. The Morgan fingerprint density at radius 3 is 2.85 bits per heavy atom. The number of rotatable bonds is 6. The SMILES string of the molecule is CCOc1ccc(C(=O)NCCc2nc3ccc(F)cc3n2C)cc1O. The Morgan fingerprint density at radius 2 is 2.12 bits per heavy atom. The number of aromatic hydroxyl groups is 1. The number of halogens is 1. The molecule has 0 aliphatic heterocycles. The van der Waals surface area contributed by atoms with Crippen LogP contribution < -0.4 is 10.1 Å². The molecule has 3 rings (SSSR count). The van der Waals surface area contributed by atoms with Crippen molar-refractivity contribution in [2.24, 2.45) is 7.05 Å². The summed E-state index contributed by atoms with van der Waals surface area (Å²) in [4.78, 5) is 16.7. The van der Waals surface area contributed by atoms with E-state index >= 15 is 0 Å². The van der Waals surface area contributed by atoms with Crippen LogP contribution in [-0.4, -0.2) is 33.7 Å². The first kappa shape index (κ1) is 17.7. The van der Waals surface area contributed by atoms with E-state index in [0.29, 0.717) is 41.9 Å². The van der Waals surface area contributed by atoms with Gasteiger partial charge in [0.1, 0.15) is 11.6 Å². The molecule has 0 atom stereocenters. The molecular formula is C19H20FN3O3. The third kappa shape index (κ3) is 3.61. The summed E-state index contributed by atoms with van der Waals surface area (Å²) in [5.74, 6) is 0.414. The Bertz CT molecular complexity index is 953. The molecule has 0 spiro atoms. The van der Waals surface area contributed by atoms with Gasteiger partial charge in [-0.2, -0.15) is 0 Å². The normalized spacial score (nSPS) is 10.9. The molecule has 26 heavy (non-hydrogen) atoms. The first-order valence-electron chi connectivity index (χ1n) is 8.34. The van der Waals surface area contributed by atoms with Crippen LogP contribution >= 0.6 is 0 Å². The summed E-state index contributed by atoms with van der Waals surface area (Å²) in [7, 11) is 1.82. The van der Waals surface area contributed by atoms with Gasteiger partial charge in [0.2, 0.25) is 0 Å². The second-order valence-corrected chi connectivity index (χ2v) is 5.84. The Morgan fingerprint density at radius 1 is 1.31 bits per heavy atom. The Labute approximate surface area is 150 Å². The Balaban J connectivity index is 1.64. The molecule has 0 radical (unpaired) electrons. The van der Waals surface area contributed by atoms with Gasteiger partial charge in [0.15, 0.2) is 11.5 Å². The van der Waals surface area contributed by atoms with E-state index in [4.69, 9.17) is 4.74 Å². The predicted molar refractivity (Wildman–Crippen MR) is 96.0 cm³/mol. The molecule has 136 valence electrons. The van der Waals surface area contributed by atoms with Crippen molar-refractivity contribution in [2.45, 2.75) is 13.3 Å². The number of fused-ring (bicyclic) bond motifs is 1. The quantitative estimate of drug-likeness (QED) is 0.711. The summed E-state index contributed by atoms with van der Waals surface area (Å²) in [5, 5.41) is 12.7. The Kier molecular flexibility index (Phi) is 5.06. The first-order chi connectivity index (χ1) is 12.5. The summed E-state index contributed by atoms with van der Waals surface area (Å²) in [6.45, 7) is 2.61. The summed E-state index contributed by atoms with van der Waals surface area (Å²) in [5.41, 5.74) is 1.77. The molecule has 0 fully saturated rings. The zero-order valence-corrected chi connectivity index (χ0v) is 14.6. The number of aryl methyl sites for hydroxylation is 1. The lowest BCUT2D eigenvalue weighted by molar-refractivity contribution is 0.0953. The van der Waals surface area contributed by atoms with Crippen molar-refractivity contribution < 1.29 is 19.0 Å². The summed E-state index contributed by atoms with van der Waals surface area (Å²) >= 11 is 0. The molecule has 0 saturated carbocycles. The third-order valence-electron chi connectivity index (χ3n) is 4.09. The number of aromatic nitrogens is 2. The maximum atomic E-state index is 13.4. The number of carbonyl (C=O) groups is 1. The highest BCUT2D eigenvalue weighted by Gasteiger charge is 2.12. The van der Waals surface area contributed by atoms with Crippen LogP contribution in [0.25, 0.3) is 11.0 Å². The number of ether oxygens (including phenoxy) is 1. The predicted octanol–water partition coefficient (Wildman–Crippen LogP) is 2.79. The van der Waals surface area contributed by atoms with Crippen molar-refractivity contribution in [3.05, 3.63) is 53.6 Å². The van der Waals surface area contributed by atoms with Gasteiger partial charge in [-0.05, 0) is 43.3 Å². The molecule has 0 aliphatic carbocycles. The van der Waals surface area contributed by atoms with E-state index in [9.17, 15) is 14.3 Å². The second-order valence-electron chi connectivity index (χ2n) is 5.84. The lowest BCUT2D eigenvalue weighted by Crippen LogP contribution is -2.26. The number of hydrogen-bond acceptors (Lipinski definition) is 4. The van der Waals surface area contributed by atoms with Crippen LogP contribution in [-0.2, 0) is 13.5 Å². The van der Waals surface area contributed by atoms with Crippen LogP contribution in [0, 0.1) is 5.82 Å². The van der Waals surface area contributed by atoms with E-state index in [0.717, 1.165) is 5.82 Å². The maximum Gasteiger partial charge on any atom is 0.251 e. The van der Waals surface area contributed by atoms with Crippen LogP contribution in [0.2, 0.25) is 0 Å². The topological polar surface area (TPSA) is 76.4 Å². The van der Waals surface area contributed by atoms with E-state index in [1.165, 1.54) is 18.2 Å². The van der Waals surface area contributed by atoms with E-state index in [1.54, 1.807) is 18.2 Å². The molecule has 7 heteroatoms. The van der Waals surface area contributed by atoms with Crippen LogP contribution in [0.4, 0.5) is 4.39 Å². The highest BCUT2D eigenvalue weighted by Crippen LogP contribution is 2.26. The minimum Gasteiger partial charge on any atom is -0.504 e. The van der Waals surface area contributed by atoms with Crippen LogP contribution in [0.1, 0.15) is 23.1 Å². The Hall–Kier alpha value is -3.09. The fourth-order valence-corrected chi connectivity index (χ4v) is 2.76. The molecule has 0 unspecified atom stereocenters. The smallest absolute Gasteiger partial charge is 0.251 e. The van der Waals surface area contributed by atoms with Gasteiger partial charge in [0.25, 0.3) is 5.91 Å². The van der Waals surface area contributed by atoms with Crippen molar-refractivity contribution in [1.29, 1.82) is 0 Å². The van der Waals surface area contributed by atoms with E-state index in [1.807, 2.05) is 18.5 Å². The summed E-state index contributed by atoms with van der Waals surface area (Å²) in [6, 6.07) is 8.98. The van der Waals surface area contributed by atoms with Crippen molar-refractivity contribution in [2.75, 3.05) is 13.2 Å². The van der Waals surface area contributed by atoms with Gasteiger partial charge in [-0.15, -0.1) is 0 Å². The number of hydrogen-bond donors (Lipinski definition) is 2. The number of imidazole rings is 1. The van der Waals surface area contributed by atoms with Gasteiger partial charge in [0, 0.05) is 25.6 Å². The van der Waals surface area contributed by atoms with Crippen molar-refractivity contribution >= 4 is 16.9 Å². The third-order valence-corrected chi connectivity index (χ3v) is 4.09. The average Bonchev–Trinajstić information content (AvgIpc) is 2.92. The molecule has 0 bridgehead atoms. The van der Waals surface area contributed by atoms with Crippen molar-refractivity contribution in [3.63, 3.8) is 0 Å². The highest BCUT2D eigenvalue weighted by atomic mass is 19.1. The van der Waals surface area contributed by atoms with E-state index in [2.05, 4.69) is 10.3 Å². The lowest BCUT2D eigenvalue weighted by atomic mass is 10.2. The van der Waals surface area contributed by atoms with Gasteiger partial charge < -0.3 is 19.7 Å². The van der Waals surface area contributed by atoms with E-state index in [-0.39, 0.29) is 17.5 Å². The molecule has 1 amide bonds. The zero-order chi connectivity index (χ0) is 18.7. The number of benzene rings is 2. The summed E-state index contributed by atoms with van der Waals surface area (Å²) < 4.78 is 20.4. The fraction of sp³-hybridized carbons (Fsp3) is 0.263. The van der Waals surface area contributed by atoms with Crippen LogP contribution in [0.5, 0.6) is 11.5 Å². The largest absolute Gasteiger partial charge is 0.504 e. The van der Waals surface area contributed by atoms with Gasteiger partial charge in [0.05, 0.1) is 17.6 Å². The molecule has 3 aromatic rings. The summed E-state index contributed by atoms with van der Waals surface area (Å²) in [6.07, 6.45) is 0.502. The number of amides is 1. The second kappa shape index (κ2) is 7.43. The number of nitrogens with zero attached hydrogens (tertiary/aromatic N) is 2. The van der Waals surface area contributed by atoms with Gasteiger partial charge in [-0.25, -0.2) is 9.37 Å². The van der Waals surface area contributed by atoms with Crippen molar-refractivity contribution in [1.82, 2.24) is 14.9 Å². The van der Waals surface area contributed by atoms with Gasteiger partial charge in [-0.3, -0.25) is 4.79 Å². The van der Waals surface area contributed by atoms with Gasteiger partial charge in [-0.1, -0.05) is 0 Å². The van der Waals surface area contributed by atoms with Crippen LogP contribution in [0.3, 0.4) is 0 Å². The average molecular weight is 357 g/mol. The minimum absolute atomic E-state index is 0.0723. The van der Waals surface area contributed by atoms with Crippen molar-refractivity contribution in [3.8, 4) is 11.5 Å². The molecule has 1 aromatic heterocycles. The van der Waals surface area contributed by atoms with E-state index < -0.39 is 0 Å². The number of phenolic OH excluding ortho intramolecular Hbond substituents is 1. The standard InChI is InChI=1S/C19H20FN3O3/c1-3-26-17-7-4-12(10-16(17)24)19(25)21-9-8-18-22-14-6-5-13(20)11-15(14)23(18)2/h4-7,10-11,24H,3,8-9H2,1-2H3,(H,21,25). The molecule has 0 aliphatic rings. The monoisotopic (exact) mass is 357 g/mol. The number of carbonyl (C=O) groups excluding carboxylic acids is 1. The minimum atomic E-state index is -0.310. The molecule has 6 nitrogen and oxygen atoms in total. The zero-order valence-electron chi connectivity index (χ0n) is 14.6.